The Balaban J connectivity index is 1.41. The van der Waals surface area contributed by atoms with Gasteiger partial charge in [-0.3, -0.25) is 4.79 Å². The van der Waals surface area contributed by atoms with E-state index in [9.17, 15) is 4.79 Å². The van der Waals surface area contributed by atoms with Crippen LogP contribution in [0, 0.1) is 0 Å². The van der Waals surface area contributed by atoms with Crippen molar-refractivity contribution in [3.8, 4) is 10.7 Å². The third-order valence-corrected chi connectivity index (χ3v) is 6.24. The van der Waals surface area contributed by atoms with Crippen LogP contribution in [-0.4, -0.2) is 38.7 Å². The number of nitrogens with one attached hydrogen (secondary N) is 1. The first-order valence-corrected chi connectivity index (χ1v) is 10.6. The zero-order chi connectivity index (χ0) is 17.5. The lowest BCUT2D eigenvalue weighted by Gasteiger charge is -2.05. The summed E-state index contributed by atoms with van der Waals surface area (Å²) in [6.07, 6.45) is 0. The number of benzene rings is 1. The molecule has 1 N–H and O–H groups in total. The van der Waals surface area contributed by atoms with Crippen molar-refractivity contribution >= 4 is 40.8 Å². The molecule has 0 bridgehead atoms. The maximum atomic E-state index is 12.0. The summed E-state index contributed by atoms with van der Waals surface area (Å²) in [5, 5.41) is 14.1. The number of carbonyl (C=O) groups excluding carboxylic acids is 1. The molecule has 5 nitrogen and oxygen atoms in total. The lowest BCUT2D eigenvalue weighted by Crippen LogP contribution is -2.27. The van der Waals surface area contributed by atoms with Crippen LogP contribution in [0.1, 0.15) is 0 Å². The first-order chi connectivity index (χ1) is 12.2. The van der Waals surface area contributed by atoms with Crippen LogP contribution in [0.15, 0.2) is 57.9 Å². The Labute approximate surface area is 159 Å². The molecule has 0 radical (unpaired) electrons. The van der Waals surface area contributed by atoms with Gasteiger partial charge in [0.25, 0.3) is 0 Å². The fourth-order valence-electron chi connectivity index (χ4n) is 2.12. The van der Waals surface area contributed by atoms with E-state index in [-0.39, 0.29) is 5.91 Å². The van der Waals surface area contributed by atoms with Gasteiger partial charge in [-0.2, -0.15) is 0 Å². The molecule has 0 aliphatic rings. The van der Waals surface area contributed by atoms with Gasteiger partial charge in [0.05, 0.1) is 10.6 Å². The van der Waals surface area contributed by atoms with E-state index >= 15 is 0 Å². The number of rotatable bonds is 8. The van der Waals surface area contributed by atoms with Gasteiger partial charge in [0, 0.05) is 24.2 Å². The van der Waals surface area contributed by atoms with Gasteiger partial charge in [-0.25, -0.2) is 0 Å². The maximum Gasteiger partial charge on any atom is 0.230 e. The van der Waals surface area contributed by atoms with E-state index in [4.69, 9.17) is 0 Å². The zero-order valence-electron chi connectivity index (χ0n) is 13.7. The van der Waals surface area contributed by atoms with E-state index in [1.165, 1.54) is 16.7 Å². The van der Waals surface area contributed by atoms with E-state index in [0.29, 0.717) is 12.3 Å². The predicted molar refractivity (Wildman–Crippen MR) is 105 cm³/mol. The number of carbonyl (C=O) groups is 1. The monoisotopic (exact) mass is 390 g/mol. The fourth-order valence-corrected chi connectivity index (χ4v) is 4.39. The number of aromatic nitrogens is 3. The maximum absolute atomic E-state index is 12.0. The molecule has 0 fully saturated rings. The first kappa shape index (κ1) is 18.0. The predicted octanol–water partition coefficient (Wildman–Crippen LogP) is 3.54. The molecule has 0 unspecified atom stereocenters. The molecule has 0 atom stereocenters. The third kappa shape index (κ3) is 5.10. The van der Waals surface area contributed by atoms with Crippen LogP contribution < -0.4 is 5.32 Å². The van der Waals surface area contributed by atoms with Gasteiger partial charge in [-0.1, -0.05) is 36.0 Å². The lowest BCUT2D eigenvalue weighted by molar-refractivity contribution is -0.118. The van der Waals surface area contributed by atoms with Crippen LogP contribution in [0.25, 0.3) is 10.7 Å². The second kappa shape index (κ2) is 9.07. The van der Waals surface area contributed by atoms with Gasteiger partial charge in [0.1, 0.15) is 0 Å². The average molecular weight is 391 g/mol. The fraction of sp³-hybridized carbons (Fsp3) is 0.235. The Kier molecular flexibility index (Phi) is 6.55. The van der Waals surface area contributed by atoms with E-state index in [0.717, 1.165) is 21.6 Å². The molecule has 0 aliphatic carbocycles. The second-order valence-electron chi connectivity index (χ2n) is 5.14. The highest BCUT2D eigenvalue weighted by Gasteiger charge is 2.13. The summed E-state index contributed by atoms with van der Waals surface area (Å²) in [5.74, 6) is 2.04. The summed E-state index contributed by atoms with van der Waals surface area (Å²) in [6.45, 7) is 0.651. The van der Waals surface area contributed by atoms with Crippen molar-refractivity contribution in [3.05, 3.63) is 47.8 Å². The van der Waals surface area contributed by atoms with E-state index < -0.39 is 0 Å². The van der Waals surface area contributed by atoms with Gasteiger partial charge in [0.15, 0.2) is 11.0 Å². The van der Waals surface area contributed by atoms with Crippen LogP contribution >= 0.6 is 34.9 Å². The molecular formula is C17H18N4OS3. The molecule has 3 rings (SSSR count). The Morgan fingerprint density at radius 3 is 2.76 bits per heavy atom. The molecule has 130 valence electrons. The quantitative estimate of drug-likeness (QED) is 0.471. The van der Waals surface area contributed by atoms with E-state index in [1.807, 2.05) is 47.3 Å². The molecule has 3 aromatic rings. The van der Waals surface area contributed by atoms with E-state index in [1.54, 1.807) is 23.1 Å². The van der Waals surface area contributed by atoms with E-state index in [2.05, 4.69) is 27.6 Å². The number of nitrogens with zero attached hydrogens (tertiary/aromatic N) is 3. The average Bonchev–Trinajstić information content (AvgIpc) is 3.27. The summed E-state index contributed by atoms with van der Waals surface area (Å²) in [6, 6.07) is 14.2. The highest BCUT2D eigenvalue weighted by molar-refractivity contribution is 7.99. The number of amides is 1. The summed E-state index contributed by atoms with van der Waals surface area (Å²) in [7, 11) is 1.92. The molecular weight excluding hydrogens is 372 g/mol. The summed E-state index contributed by atoms with van der Waals surface area (Å²) < 4.78 is 1.93. The summed E-state index contributed by atoms with van der Waals surface area (Å²) >= 11 is 4.76. The molecule has 0 saturated carbocycles. The second-order valence-corrected chi connectivity index (χ2v) is 8.20. The highest BCUT2D eigenvalue weighted by Crippen LogP contribution is 2.25. The normalized spacial score (nSPS) is 10.8. The van der Waals surface area contributed by atoms with Crippen molar-refractivity contribution in [1.82, 2.24) is 20.1 Å². The van der Waals surface area contributed by atoms with Crippen molar-refractivity contribution in [2.45, 2.75) is 10.1 Å². The summed E-state index contributed by atoms with van der Waals surface area (Å²) in [4.78, 5) is 14.3. The Morgan fingerprint density at radius 2 is 2.00 bits per heavy atom. The molecule has 0 aliphatic heterocycles. The molecule has 0 spiro atoms. The van der Waals surface area contributed by atoms with Crippen LogP contribution in [0.4, 0.5) is 0 Å². The molecule has 0 saturated heterocycles. The van der Waals surface area contributed by atoms with Crippen LogP contribution in [0.5, 0.6) is 0 Å². The van der Waals surface area contributed by atoms with Crippen molar-refractivity contribution in [3.63, 3.8) is 0 Å². The number of hydrogen-bond acceptors (Lipinski definition) is 6. The minimum absolute atomic E-state index is 0.0133. The molecule has 1 amide bonds. The number of thiophene rings is 1. The van der Waals surface area contributed by atoms with Crippen molar-refractivity contribution in [2.75, 3.05) is 18.1 Å². The SMILES string of the molecule is Cn1c(SCC(=O)NCCSc2ccccc2)nnc1-c1cccs1. The molecule has 1 aromatic carbocycles. The summed E-state index contributed by atoms with van der Waals surface area (Å²) in [5.41, 5.74) is 0. The standard InChI is InChI=1S/C17H18N4OS3/c1-21-16(14-8-5-10-24-14)19-20-17(21)25-12-15(22)18-9-11-23-13-6-3-2-4-7-13/h2-8,10H,9,11-12H2,1H3,(H,18,22). The Morgan fingerprint density at radius 1 is 1.16 bits per heavy atom. The molecule has 25 heavy (non-hydrogen) atoms. The number of hydrogen-bond donors (Lipinski definition) is 1. The first-order valence-electron chi connectivity index (χ1n) is 7.74. The molecule has 2 aromatic heterocycles. The van der Waals surface area contributed by atoms with Gasteiger partial charge < -0.3 is 9.88 Å². The Bertz CT molecular complexity index is 803. The lowest BCUT2D eigenvalue weighted by atomic mass is 10.4. The zero-order valence-corrected chi connectivity index (χ0v) is 16.2. The molecule has 8 heteroatoms. The smallest absolute Gasteiger partial charge is 0.230 e. The van der Waals surface area contributed by atoms with Crippen molar-refractivity contribution in [1.29, 1.82) is 0 Å². The van der Waals surface area contributed by atoms with Crippen molar-refractivity contribution in [2.24, 2.45) is 7.05 Å². The third-order valence-electron chi connectivity index (χ3n) is 3.34. The number of thioether (sulfide) groups is 2. The van der Waals surface area contributed by atoms with Crippen LogP contribution in [0.2, 0.25) is 0 Å². The molecule has 2 heterocycles. The van der Waals surface area contributed by atoms with Gasteiger partial charge in [-0.05, 0) is 23.6 Å². The highest BCUT2D eigenvalue weighted by atomic mass is 32.2. The van der Waals surface area contributed by atoms with Crippen LogP contribution in [0.3, 0.4) is 0 Å². The van der Waals surface area contributed by atoms with Crippen LogP contribution in [-0.2, 0) is 11.8 Å². The largest absolute Gasteiger partial charge is 0.355 e. The topological polar surface area (TPSA) is 59.8 Å². The Hall–Kier alpha value is -1.77. The minimum Gasteiger partial charge on any atom is -0.355 e. The minimum atomic E-state index is 0.0133. The van der Waals surface area contributed by atoms with Gasteiger partial charge in [-0.15, -0.1) is 33.3 Å². The van der Waals surface area contributed by atoms with Gasteiger partial charge in [0.2, 0.25) is 5.91 Å². The van der Waals surface area contributed by atoms with Gasteiger partial charge >= 0.3 is 0 Å². The van der Waals surface area contributed by atoms with Crippen molar-refractivity contribution < 1.29 is 4.79 Å².